The number of benzene rings is 2. The highest BCUT2D eigenvalue weighted by Crippen LogP contribution is 2.19. The molecule has 7 heteroatoms. The van der Waals surface area contributed by atoms with Crippen LogP contribution in [-0.2, 0) is 6.54 Å². The van der Waals surface area contributed by atoms with Crippen LogP contribution in [0.15, 0.2) is 70.2 Å². The van der Waals surface area contributed by atoms with Gasteiger partial charge < -0.3 is 19.9 Å². The number of hydrogen-bond donors (Lipinski definition) is 2. The van der Waals surface area contributed by atoms with Gasteiger partial charge in [-0.3, -0.25) is 4.99 Å². The minimum Gasteiger partial charge on any atom is -0.492 e. The molecule has 2 aromatic carbocycles. The first-order chi connectivity index (χ1) is 13.2. The fraction of sp³-hybridized carbons (Fsp3) is 0.238. The molecule has 2 N–H and O–H groups in total. The summed E-state index contributed by atoms with van der Waals surface area (Å²) < 4.78 is 11.1. The van der Waals surface area contributed by atoms with E-state index in [2.05, 4.69) is 27.7 Å². The highest BCUT2D eigenvalue weighted by atomic mass is 127. The van der Waals surface area contributed by atoms with Gasteiger partial charge in [0.1, 0.15) is 18.1 Å². The molecule has 0 saturated heterocycles. The zero-order valence-corrected chi connectivity index (χ0v) is 18.3. The summed E-state index contributed by atoms with van der Waals surface area (Å²) in [5, 5.41) is 10.5. The number of halogens is 1. The van der Waals surface area contributed by atoms with Gasteiger partial charge >= 0.3 is 0 Å². The molecule has 0 aliphatic rings. The van der Waals surface area contributed by atoms with Gasteiger partial charge in [0.05, 0.1) is 13.1 Å². The minimum atomic E-state index is 0. The van der Waals surface area contributed by atoms with Crippen molar-refractivity contribution in [3.8, 4) is 17.1 Å². The molecule has 0 amide bonds. The van der Waals surface area contributed by atoms with E-state index in [1.165, 1.54) is 5.56 Å². The molecule has 0 saturated carbocycles. The molecule has 3 rings (SSSR count). The van der Waals surface area contributed by atoms with Gasteiger partial charge in [-0.2, -0.15) is 0 Å². The average Bonchev–Trinajstić information content (AvgIpc) is 3.18. The van der Waals surface area contributed by atoms with Crippen LogP contribution in [0.3, 0.4) is 0 Å². The van der Waals surface area contributed by atoms with E-state index in [0.29, 0.717) is 25.7 Å². The largest absolute Gasteiger partial charge is 0.492 e. The number of rotatable bonds is 7. The molecule has 3 aromatic rings. The Hall–Kier alpha value is -2.55. The molecule has 0 spiro atoms. The molecular formula is C21H25IN4O2. The minimum absolute atomic E-state index is 0. The molecule has 1 aromatic heterocycles. The van der Waals surface area contributed by atoms with E-state index in [0.717, 1.165) is 22.8 Å². The third kappa shape index (κ3) is 6.56. The van der Waals surface area contributed by atoms with Crippen LogP contribution >= 0.6 is 24.0 Å². The second-order valence-electron chi connectivity index (χ2n) is 6.06. The summed E-state index contributed by atoms with van der Waals surface area (Å²) in [6.45, 7) is 3.76. The smallest absolute Gasteiger partial charge is 0.191 e. The number of aromatic nitrogens is 1. The van der Waals surface area contributed by atoms with Crippen molar-refractivity contribution in [2.45, 2.75) is 13.5 Å². The van der Waals surface area contributed by atoms with Crippen molar-refractivity contribution in [3.05, 3.63) is 71.9 Å². The zero-order chi connectivity index (χ0) is 18.9. The topological polar surface area (TPSA) is 71.7 Å². The van der Waals surface area contributed by atoms with Crippen LogP contribution in [0.25, 0.3) is 11.3 Å². The Bertz CT molecular complexity index is 864. The lowest BCUT2D eigenvalue weighted by Gasteiger charge is -2.11. The summed E-state index contributed by atoms with van der Waals surface area (Å²) in [4.78, 5) is 4.20. The lowest BCUT2D eigenvalue weighted by molar-refractivity contribution is 0.322. The van der Waals surface area contributed by atoms with Crippen LogP contribution in [0.4, 0.5) is 0 Å². The molecule has 148 valence electrons. The van der Waals surface area contributed by atoms with Gasteiger partial charge in [-0.05, 0) is 19.1 Å². The Morgan fingerprint density at radius 2 is 1.82 bits per heavy atom. The number of aryl methyl sites for hydroxylation is 1. The van der Waals surface area contributed by atoms with Crippen molar-refractivity contribution in [1.29, 1.82) is 0 Å². The van der Waals surface area contributed by atoms with Gasteiger partial charge in [0.25, 0.3) is 0 Å². The SMILES string of the molecule is CN=C(NCCOc1ccc(C)cc1)NCc1cc(-c2ccccc2)on1.I. The standard InChI is InChI=1S/C21H24N4O2.HI/c1-16-8-10-19(11-9-16)26-13-12-23-21(22-2)24-15-18-14-20(27-25-18)17-6-4-3-5-7-17;/h3-11,14H,12-13,15H2,1-2H3,(H2,22,23,24);1H. The lowest BCUT2D eigenvalue weighted by atomic mass is 10.2. The van der Waals surface area contributed by atoms with E-state index in [4.69, 9.17) is 9.26 Å². The molecule has 1 heterocycles. The summed E-state index contributed by atoms with van der Waals surface area (Å²) in [5.74, 6) is 2.30. The Morgan fingerprint density at radius 1 is 1.07 bits per heavy atom. The van der Waals surface area contributed by atoms with Crippen LogP contribution in [0, 0.1) is 6.92 Å². The molecule has 0 radical (unpaired) electrons. The van der Waals surface area contributed by atoms with E-state index >= 15 is 0 Å². The maximum atomic E-state index is 5.70. The number of nitrogens with one attached hydrogen (secondary N) is 2. The predicted molar refractivity (Wildman–Crippen MR) is 122 cm³/mol. The highest BCUT2D eigenvalue weighted by molar-refractivity contribution is 14.0. The Kier molecular flexibility index (Phi) is 8.80. The number of guanidine groups is 1. The van der Waals surface area contributed by atoms with E-state index in [1.54, 1.807) is 7.05 Å². The molecule has 0 aliphatic heterocycles. The number of aliphatic imine (C=N–C) groups is 1. The fourth-order valence-corrected chi connectivity index (χ4v) is 2.50. The van der Waals surface area contributed by atoms with E-state index < -0.39 is 0 Å². The quantitative estimate of drug-likeness (QED) is 0.226. The molecule has 0 fully saturated rings. The zero-order valence-electron chi connectivity index (χ0n) is 16.0. The number of ether oxygens (including phenoxy) is 1. The summed E-state index contributed by atoms with van der Waals surface area (Å²) in [6, 6.07) is 19.8. The molecule has 28 heavy (non-hydrogen) atoms. The van der Waals surface area contributed by atoms with E-state index in [-0.39, 0.29) is 24.0 Å². The molecule has 0 aliphatic carbocycles. The van der Waals surface area contributed by atoms with Crippen molar-refractivity contribution in [1.82, 2.24) is 15.8 Å². The molecule has 0 atom stereocenters. The first-order valence-corrected chi connectivity index (χ1v) is 8.89. The Labute approximate surface area is 182 Å². The molecule has 0 unspecified atom stereocenters. The van der Waals surface area contributed by atoms with E-state index in [9.17, 15) is 0 Å². The highest BCUT2D eigenvalue weighted by Gasteiger charge is 2.07. The normalized spacial score (nSPS) is 10.9. The monoisotopic (exact) mass is 492 g/mol. The van der Waals surface area contributed by atoms with Gasteiger partial charge in [0, 0.05) is 18.7 Å². The maximum absolute atomic E-state index is 5.70. The van der Waals surface area contributed by atoms with Gasteiger partial charge in [-0.15, -0.1) is 24.0 Å². The van der Waals surface area contributed by atoms with Crippen molar-refractivity contribution < 1.29 is 9.26 Å². The number of nitrogens with zero attached hydrogens (tertiary/aromatic N) is 2. The van der Waals surface area contributed by atoms with Crippen LogP contribution in [-0.4, -0.2) is 31.3 Å². The maximum Gasteiger partial charge on any atom is 0.191 e. The fourth-order valence-electron chi connectivity index (χ4n) is 2.50. The van der Waals surface area contributed by atoms with Crippen LogP contribution in [0.1, 0.15) is 11.3 Å². The summed E-state index contributed by atoms with van der Waals surface area (Å²) in [7, 11) is 1.73. The van der Waals surface area contributed by atoms with Crippen LogP contribution in [0.5, 0.6) is 5.75 Å². The first kappa shape index (κ1) is 21.7. The second kappa shape index (κ2) is 11.3. The summed E-state index contributed by atoms with van der Waals surface area (Å²) in [6.07, 6.45) is 0. The molecule has 0 bridgehead atoms. The van der Waals surface area contributed by atoms with Crippen molar-refractivity contribution >= 4 is 29.9 Å². The second-order valence-corrected chi connectivity index (χ2v) is 6.06. The number of hydrogen-bond acceptors (Lipinski definition) is 4. The van der Waals surface area contributed by atoms with Gasteiger partial charge in [-0.25, -0.2) is 0 Å². The average molecular weight is 492 g/mol. The van der Waals surface area contributed by atoms with Gasteiger partial charge in [0.2, 0.25) is 0 Å². The van der Waals surface area contributed by atoms with E-state index in [1.807, 2.05) is 60.7 Å². The summed E-state index contributed by atoms with van der Waals surface area (Å²) in [5.41, 5.74) is 3.04. The summed E-state index contributed by atoms with van der Waals surface area (Å²) >= 11 is 0. The van der Waals surface area contributed by atoms with Crippen molar-refractivity contribution in [2.24, 2.45) is 4.99 Å². The van der Waals surface area contributed by atoms with Crippen molar-refractivity contribution in [3.63, 3.8) is 0 Å². The van der Waals surface area contributed by atoms with Gasteiger partial charge in [0.15, 0.2) is 11.7 Å². The first-order valence-electron chi connectivity index (χ1n) is 8.89. The van der Waals surface area contributed by atoms with Crippen LogP contribution < -0.4 is 15.4 Å². The third-order valence-electron chi connectivity index (χ3n) is 3.96. The molecular weight excluding hydrogens is 467 g/mol. The Morgan fingerprint density at radius 3 is 2.54 bits per heavy atom. The third-order valence-corrected chi connectivity index (χ3v) is 3.96. The Balaban J connectivity index is 0.00000280. The van der Waals surface area contributed by atoms with Crippen molar-refractivity contribution in [2.75, 3.05) is 20.2 Å². The molecule has 6 nitrogen and oxygen atoms in total. The van der Waals surface area contributed by atoms with Crippen LogP contribution in [0.2, 0.25) is 0 Å². The predicted octanol–water partition coefficient (Wildman–Crippen LogP) is 4.01. The lowest BCUT2D eigenvalue weighted by Crippen LogP contribution is -2.38. The van der Waals surface area contributed by atoms with Gasteiger partial charge in [-0.1, -0.05) is 53.2 Å².